The second-order valence-electron chi connectivity index (χ2n) is 5.43. The van der Waals surface area contributed by atoms with E-state index in [1.54, 1.807) is 12.1 Å². The first-order valence-corrected chi connectivity index (χ1v) is 7.66. The molecule has 1 fully saturated rings. The largest absolute Gasteiger partial charge is 0.394 e. The zero-order valence-electron chi connectivity index (χ0n) is 11.3. The minimum Gasteiger partial charge on any atom is -0.394 e. The number of aliphatic hydroxyl groups is 1. The molecular formula is C15H19Cl2NO2. The molecule has 0 heterocycles. The average Bonchev–Trinajstić information content (AvgIpc) is 2.87. The average molecular weight is 316 g/mol. The Morgan fingerprint density at radius 2 is 2.00 bits per heavy atom. The molecule has 2 rings (SSSR count). The van der Waals surface area contributed by atoms with Crippen LogP contribution in [0, 0.1) is 0 Å². The van der Waals surface area contributed by atoms with Crippen LogP contribution in [0.1, 0.15) is 37.7 Å². The second-order valence-corrected chi connectivity index (χ2v) is 6.27. The van der Waals surface area contributed by atoms with Crippen LogP contribution >= 0.6 is 23.2 Å². The number of rotatable bonds is 5. The van der Waals surface area contributed by atoms with Gasteiger partial charge in [0, 0.05) is 16.5 Å². The van der Waals surface area contributed by atoms with Gasteiger partial charge in [-0.3, -0.25) is 4.79 Å². The summed E-state index contributed by atoms with van der Waals surface area (Å²) in [5.74, 6) is -0.0352. The maximum Gasteiger partial charge on any atom is 0.220 e. The lowest BCUT2D eigenvalue weighted by Gasteiger charge is -2.28. The fraction of sp³-hybridized carbons (Fsp3) is 0.533. The van der Waals surface area contributed by atoms with Crippen LogP contribution in [0.5, 0.6) is 0 Å². The Bertz CT molecular complexity index is 485. The van der Waals surface area contributed by atoms with Crippen molar-refractivity contribution >= 4 is 29.1 Å². The van der Waals surface area contributed by atoms with Gasteiger partial charge in [0.1, 0.15) is 0 Å². The van der Waals surface area contributed by atoms with E-state index >= 15 is 0 Å². The van der Waals surface area contributed by atoms with Gasteiger partial charge in [-0.15, -0.1) is 0 Å². The number of hydrogen-bond acceptors (Lipinski definition) is 2. The minimum atomic E-state index is -0.402. The summed E-state index contributed by atoms with van der Waals surface area (Å²) in [5.41, 5.74) is 0.511. The third-order valence-corrected chi connectivity index (χ3v) is 4.49. The smallest absolute Gasteiger partial charge is 0.220 e. The Morgan fingerprint density at radius 3 is 2.60 bits per heavy atom. The van der Waals surface area contributed by atoms with Gasteiger partial charge in [0.05, 0.1) is 12.1 Å². The lowest BCUT2D eigenvalue weighted by Crippen LogP contribution is -2.49. The molecule has 0 aromatic heterocycles. The molecule has 0 aliphatic heterocycles. The lowest BCUT2D eigenvalue weighted by molar-refractivity contribution is -0.123. The van der Waals surface area contributed by atoms with E-state index < -0.39 is 5.54 Å². The van der Waals surface area contributed by atoms with Crippen molar-refractivity contribution in [2.24, 2.45) is 0 Å². The molecule has 1 saturated carbocycles. The Hall–Kier alpha value is -0.770. The molecular weight excluding hydrogens is 297 g/mol. The highest BCUT2D eigenvalue weighted by Gasteiger charge is 2.34. The summed E-state index contributed by atoms with van der Waals surface area (Å²) in [6, 6.07) is 5.30. The summed E-state index contributed by atoms with van der Waals surface area (Å²) in [5, 5.41) is 13.6. The topological polar surface area (TPSA) is 49.3 Å². The second kappa shape index (κ2) is 6.79. The van der Waals surface area contributed by atoms with Crippen LogP contribution in [0.15, 0.2) is 18.2 Å². The number of nitrogens with one attached hydrogen (secondary N) is 1. The summed E-state index contributed by atoms with van der Waals surface area (Å²) >= 11 is 11.9. The van der Waals surface area contributed by atoms with Crippen molar-refractivity contribution in [3.8, 4) is 0 Å². The van der Waals surface area contributed by atoms with Crippen molar-refractivity contribution in [3.05, 3.63) is 33.8 Å². The van der Waals surface area contributed by atoms with E-state index in [1.807, 2.05) is 6.07 Å². The highest BCUT2D eigenvalue weighted by Crippen LogP contribution is 2.29. The van der Waals surface area contributed by atoms with Crippen LogP contribution in [-0.4, -0.2) is 23.2 Å². The summed E-state index contributed by atoms with van der Waals surface area (Å²) in [6.07, 6.45) is 4.77. The monoisotopic (exact) mass is 315 g/mol. The summed E-state index contributed by atoms with van der Waals surface area (Å²) in [6.45, 7) is 0.0143. The first-order valence-electron chi connectivity index (χ1n) is 6.90. The Kier molecular flexibility index (Phi) is 5.30. The maximum atomic E-state index is 12.0. The SMILES string of the molecule is O=C(CCc1ccc(Cl)cc1Cl)NC1(CO)CCCC1. The molecule has 110 valence electrons. The summed E-state index contributed by atoms with van der Waals surface area (Å²) in [4.78, 5) is 12.0. The fourth-order valence-corrected chi connectivity index (χ4v) is 3.21. The number of benzene rings is 1. The highest BCUT2D eigenvalue weighted by molar-refractivity contribution is 6.35. The molecule has 1 aliphatic rings. The van der Waals surface area contributed by atoms with Crippen molar-refractivity contribution in [1.82, 2.24) is 5.32 Å². The number of aliphatic hydroxyl groups excluding tert-OH is 1. The molecule has 0 radical (unpaired) electrons. The number of hydrogen-bond donors (Lipinski definition) is 2. The van der Waals surface area contributed by atoms with Gasteiger partial charge in [0.15, 0.2) is 0 Å². The van der Waals surface area contributed by atoms with Gasteiger partial charge >= 0.3 is 0 Å². The standard InChI is InChI=1S/C15H19Cl2NO2/c16-12-5-3-11(13(17)9-12)4-6-14(20)18-15(10-19)7-1-2-8-15/h3,5,9,19H,1-2,4,6-8,10H2,(H,18,20). The van der Waals surface area contributed by atoms with Crippen molar-refractivity contribution < 1.29 is 9.90 Å². The van der Waals surface area contributed by atoms with E-state index in [9.17, 15) is 9.90 Å². The minimum absolute atomic E-state index is 0.0143. The predicted octanol–water partition coefficient (Wildman–Crippen LogP) is 3.35. The van der Waals surface area contributed by atoms with Gasteiger partial charge in [-0.2, -0.15) is 0 Å². The van der Waals surface area contributed by atoms with E-state index in [0.717, 1.165) is 31.2 Å². The van der Waals surface area contributed by atoms with Gasteiger partial charge in [0.25, 0.3) is 0 Å². The molecule has 1 aromatic rings. The van der Waals surface area contributed by atoms with Gasteiger partial charge < -0.3 is 10.4 Å². The number of amides is 1. The molecule has 0 atom stereocenters. The molecule has 1 aromatic carbocycles. The summed E-state index contributed by atoms with van der Waals surface area (Å²) < 4.78 is 0. The van der Waals surface area contributed by atoms with E-state index in [0.29, 0.717) is 22.9 Å². The molecule has 5 heteroatoms. The molecule has 1 aliphatic carbocycles. The van der Waals surface area contributed by atoms with E-state index in [4.69, 9.17) is 23.2 Å². The van der Waals surface area contributed by atoms with Crippen LogP contribution in [0.3, 0.4) is 0 Å². The lowest BCUT2D eigenvalue weighted by atomic mass is 9.98. The molecule has 3 nitrogen and oxygen atoms in total. The fourth-order valence-electron chi connectivity index (χ4n) is 2.71. The van der Waals surface area contributed by atoms with E-state index in [2.05, 4.69) is 5.32 Å². The molecule has 0 bridgehead atoms. The Morgan fingerprint density at radius 1 is 1.30 bits per heavy atom. The number of halogens is 2. The van der Waals surface area contributed by atoms with Crippen molar-refractivity contribution in [2.75, 3.05) is 6.61 Å². The third-order valence-electron chi connectivity index (χ3n) is 3.90. The van der Waals surface area contributed by atoms with Crippen LogP contribution < -0.4 is 5.32 Å². The van der Waals surface area contributed by atoms with Crippen molar-refractivity contribution in [1.29, 1.82) is 0 Å². The molecule has 0 saturated heterocycles. The van der Waals surface area contributed by atoms with Gasteiger partial charge in [-0.1, -0.05) is 42.1 Å². The number of aryl methyl sites for hydroxylation is 1. The number of carbonyl (C=O) groups excluding carboxylic acids is 1. The zero-order chi connectivity index (χ0) is 14.6. The van der Waals surface area contributed by atoms with Crippen LogP contribution in [0.25, 0.3) is 0 Å². The molecule has 1 amide bonds. The molecule has 0 spiro atoms. The number of carbonyl (C=O) groups is 1. The Labute approximate surface area is 129 Å². The van der Waals surface area contributed by atoms with Crippen LogP contribution in [0.4, 0.5) is 0 Å². The normalized spacial score (nSPS) is 17.1. The van der Waals surface area contributed by atoms with E-state index in [-0.39, 0.29) is 12.5 Å². The first kappa shape index (κ1) is 15.6. The van der Waals surface area contributed by atoms with Crippen molar-refractivity contribution in [2.45, 2.75) is 44.1 Å². The molecule has 2 N–H and O–H groups in total. The molecule has 0 unspecified atom stereocenters. The van der Waals surface area contributed by atoms with Crippen LogP contribution in [-0.2, 0) is 11.2 Å². The van der Waals surface area contributed by atoms with Gasteiger partial charge in [0.2, 0.25) is 5.91 Å². The summed E-state index contributed by atoms with van der Waals surface area (Å²) in [7, 11) is 0. The Balaban J connectivity index is 1.89. The van der Waals surface area contributed by atoms with Gasteiger partial charge in [-0.05, 0) is 37.0 Å². The quantitative estimate of drug-likeness (QED) is 0.875. The van der Waals surface area contributed by atoms with Crippen molar-refractivity contribution in [3.63, 3.8) is 0 Å². The zero-order valence-corrected chi connectivity index (χ0v) is 12.8. The third kappa shape index (κ3) is 3.87. The molecule has 20 heavy (non-hydrogen) atoms. The first-order chi connectivity index (χ1) is 9.54. The highest BCUT2D eigenvalue weighted by atomic mass is 35.5. The van der Waals surface area contributed by atoms with Crippen LogP contribution in [0.2, 0.25) is 10.0 Å². The predicted molar refractivity (Wildman–Crippen MR) is 81.2 cm³/mol. The van der Waals surface area contributed by atoms with Gasteiger partial charge in [-0.25, -0.2) is 0 Å². The van der Waals surface area contributed by atoms with E-state index in [1.165, 1.54) is 0 Å². The maximum absolute atomic E-state index is 12.0.